The molecule has 0 atom stereocenters. The molecule has 1 heterocycles. The predicted molar refractivity (Wildman–Crippen MR) is 192 cm³/mol. The minimum absolute atomic E-state index is 0.921. The maximum atomic E-state index is 6.48. The van der Waals surface area contributed by atoms with Gasteiger partial charge in [0.05, 0.1) is 0 Å². The summed E-state index contributed by atoms with van der Waals surface area (Å²) in [6.07, 6.45) is 0. The summed E-state index contributed by atoms with van der Waals surface area (Å²) in [5.41, 5.74) is 6.79. The van der Waals surface area contributed by atoms with Crippen LogP contribution in [0.3, 0.4) is 0 Å². The van der Waals surface area contributed by atoms with Gasteiger partial charge in [-0.05, 0) is 101 Å². The lowest BCUT2D eigenvalue weighted by Crippen LogP contribution is -1.88. The van der Waals surface area contributed by atoms with E-state index in [1.807, 2.05) is 0 Å². The van der Waals surface area contributed by atoms with E-state index >= 15 is 0 Å². The van der Waals surface area contributed by atoms with E-state index in [1.54, 1.807) is 0 Å². The van der Waals surface area contributed by atoms with Crippen molar-refractivity contribution in [3.05, 3.63) is 158 Å². The van der Waals surface area contributed by atoms with Crippen LogP contribution in [0, 0.1) is 0 Å². The van der Waals surface area contributed by atoms with Crippen LogP contribution in [-0.2, 0) is 0 Å². The zero-order valence-electron chi connectivity index (χ0n) is 24.4. The molecule has 0 spiro atoms. The standard InChI is InChI=1S/C44H26O/c1-4-11-34-27(8-1)20-22-38-40(34)26-31-10-3-5-12-35(31)42(38)33-19-17-29-24-32(18-16-30(29)25-33)36-14-7-15-41-43(36)39-23-21-28-9-2-6-13-37(28)44(39)45-41/h1-26H. The fourth-order valence-corrected chi connectivity index (χ4v) is 7.49. The van der Waals surface area contributed by atoms with Gasteiger partial charge in [0.1, 0.15) is 11.2 Å². The molecule has 0 amide bonds. The van der Waals surface area contributed by atoms with Gasteiger partial charge in [0.25, 0.3) is 0 Å². The smallest absolute Gasteiger partial charge is 0.143 e. The van der Waals surface area contributed by atoms with Gasteiger partial charge in [-0.3, -0.25) is 0 Å². The quantitative estimate of drug-likeness (QED) is 0.149. The van der Waals surface area contributed by atoms with Crippen molar-refractivity contribution in [2.45, 2.75) is 0 Å². The summed E-state index contributed by atoms with van der Waals surface area (Å²) < 4.78 is 6.48. The summed E-state index contributed by atoms with van der Waals surface area (Å²) in [6.45, 7) is 0. The molecular weight excluding hydrogens is 544 g/mol. The Morgan fingerprint density at radius 1 is 0.333 bits per heavy atom. The van der Waals surface area contributed by atoms with Crippen LogP contribution in [0.25, 0.3) is 98.1 Å². The van der Waals surface area contributed by atoms with E-state index in [0.717, 1.165) is 21.9 Å². The third kappa shape index (κ3) is 3.62. The second kappa shape index (κ2) is 9.29. The average molecular weight is 571 g/mol. The van der Waals surface area contributed by atoms with Crippen LogP contribution in [0.2, 0.25) is 0 Å². The molecule has 0 saturated heterocycles. The number of rotatable bonds is 2. The van der Waals surface area contributed by atoms with Crippen molar-refractivity contribution in [1.82, 2.24) is 0 Å². The highest BCUT2D eigenvalue weighted by Crippen LogP contribution is 2.42. The van der Waals surface area contributed by atoms with Crippen molar-refractivity contribution in [2.75, 3.05) is 0 Å². The molecule has 208 valence electrons. The van der Waals surface area contributed by atoms with E-state index in [1.165, 1.54) is 76.1 Å². The first-order valence-corrected chi connectivity index (χ1v) is 15.5. The molecule has 9 aromatic carbocycles. The summed E-state index contributed by atoms with van der Waals surface area (Å²) in [5.74, 6) is 0. The number of fused-ring (bicyclic) bond motifs is 10. The van der Waals surface area contributed by atoms with Crippen molar-refractivity contribution in [2.24, 2.45) is 0 Å². The lowest BCUT2D eigenvalue weighted by Gasteiger charge is -2.15. The first kappa shape index (κ1) is 24.5. The van der Waals surface area contributed by atoms with Crippen LogP contribution < -0.4 is 0 Å². The highest BCUT2D eigenvalue weighted by molar-refractivity contribution is 6.21. The van der Waals surface area contributed by atoms with E-state index < -0.39 is 0 Å². The second-order valence-corrected chi connectivity index (χ2v) is 12.1. The summed E-state index contributed by atoms with van der Waals surface area (Å²) >= 11 is 0. The summed E-state index contributed by atoms with van der Waals surface area (Å²) in [7, 11) is 0. The van der Waals surface area contributed by atoms with Crippen LogP contribution in [-0.4, -0.2) is 0 Å². The molecule has 0 N–H and O–H groups in total. The van der Waals surface area contributed by atoms with Gasteiger partial charge in [-0.1, -0.05) is 127 Å². The zero-order chi connectivity index (χ0) is 29.5. The third-order valence-electron chi connectivity index (χ3n) is 9.60. The van der Waals surface area contributed by atoms with Crippen molar-refractivity contribution in [1.29, 1.82) is 0 Å². The molecule has 1 heteroatoms. The zero-order valence-corrected chi connectivity index (χ0v) is 24.4. The lowest BCUT2D eigenvalue weighted by molar-refractivity contribution is 0.673. The molecule has 0 aliphatic carbocycles. The molecule has 0 saturated carbocycles. The molecule has 0 aliphatic rings. The maximum Gasteiger partial charge on any atom is 0.143 e. The van der Waals surface area contributed by atoms with Crippen molar-refractivity contribution in [3.63, 3.8) is 0 Å². The van der Waals surface area contributed by atoms with Crippen LogP contribution in [0.1, 0.15) is 0 Å². The van der Waals surface area contributed by atoms with Gasteiger partial charge in [0.15, 0.2) is 0 Å². The van der Waals surface area contributed by atoms with Gasteiger partial charge in [-0.2, -0.15) is 0 Å². The molecule has 0 unspecified atom stereocenters. The van der Waals surface area contributed by atoms with Crippen LogP contribution >= 0.6 is 0 Å². The topological polar surface area (TPSA) is 13.1 Å². The lowest BCUT2D eigenvalue weighted by atomic mass is 9.89. The third-order valence-corrected chi connectivity index (χ3v) is 9.60. The number of hydrogen-bond donors (Lipinski definition) is 0. The predicted octanol–water partition coefficient (Wildman–Crippen LogP) is 12.7. The first-order chi connectivity index (χ1) is 22.3. The van der Waals surface area contributed by atoms with Crippen LogP contribution in [0.5, 0.6) is 0 Å². The van der Waals surface area contributed by atoms with E-state index in [4.69, 9.17) is 4.42 Å². The molecule has 0 fully saturated rings. The number of benzene rings is 9. The van der Waals surface area contributed by atoms with E-state index in [2.05, 4.69) is 158 Å². The van der Waals surface area contributed by atoms with Crippen LogP contribution in [0.4, 0.5) is 0 Å². The van der Waals surface area contributed by atoms with Gasteiger partial charge in [0, 0.05) is 16.2 Å². The van der Waals surface area contributed by atoms with Gasteiger partial charge >= 0.3 is 0 Å². The largest absolute Gasteiger partial charge is 0.455 e. The number of furan rings is 1. The molecule has 1 aromatic heterocycles. The number of hydrogen-bond acceptors (Lipinski definition) is 1. The molecular formula is C44H26O. The van der Waals surface area contributed by atoms with Crippen molar-refractivity contribution in [3.8, 4) is 22.3 Å². The molecule has 45 heavy (non-hydrogen) atoms. The van der Waals surface area contributed by atoms with E-state index in [-0.39, 0.29) is 0 Å². The molecule has 0 aliphatic heterocycles. The Bertz CT molecular complexity index is 2820. The van der Waals surface area contributed by atoms with Gasteiger partial charge in [-0.15, -0.1) is 0 Å². The Labute approximate surface area is 259 Å². The Hall–Kier alpha value is -5.92. The second-order valence-electron chi connectivity index (χ2n) is 12.1. The van der Waals surface area contributed by atoms with Crippen LogP contribution in [0.15, 0.2) is 162 Å². The molecule has 1 nitrogen and oxygen atoms in total. The summed E-state index contributed by atoms with van der Waals surface area (Å²) in [5, 5.41) is 14.8. The van der Waals surface area contributed by atoms with Crippen molar-refractivity contribution < 1.29 is 4.42 Å². The summed E-state index contributed by atoms with van der Waals surface area (Å²) in [4.78, 5) is 0. The maximum absolute atomic E-state index is 6.48. The Morgan fingerprint density at radius 2 is 0.956 bits per heavy atom. The Kier molecular flexibility index (Phi) is 5.06. The Balaban J connectivity index is 1.17. The molecule has 0 bridgehead atoms. The van der Waals surface area contributed by atoms with E-state index in [9.17, 15) is 0 Å². The molecule has 10 rings (SSSR count). The minimum Gasteiger partial charge on any atom is -0.455 e. The molecule has 0 radical (unpaired) electrons. The normalized spacial score (nSPS) is 12.0. The SMILES string of the molecule is c1ccc2c(-c3ccc4cc(-c5cccc6oc7c8ccccc8ccc7c56)ccc4c3)c3ccc4ccccc4c3cc2c1. The average Bonchev–Trinajstić information content (AvgIpc) is 3.50. The fourth-order valence-electron chi connectivity index (χ4n) is 7.49. The van der Waals surface area contributed by atoms with Gasteiger partial charge < -0.3 is 4.42 Å². The van der Waals surface area contributed by atoms with Gasteiger partial charge in [-0.25, -0.2) is 0 Å². The van der Waals surface area contributed by atoms with Gasteiger partial charge in [0.2, 0.25) is 0 Å². The minimum atomic E-state index is 0.921. The monoisotopic (exact) mass is 570 g/mol. The fraction of sp³-hybridized carbons (Fsp3) is 0. The highest BCUT2D eigenvalue weighted by Gasteiger charge is 2.16. The van der Waals surface area contributed by atoms with Crippen molar-refractivity contribution >= 4 is 75.8 Å². The Morgan fingerprint density at radius 3 is 1.78 bits per heavy atom. The molecule has 10 aromatic rings. The summed E-state index contributed by atoms with van der Waals surface area (Å²) in [6, 6.07) is 57.4. The van der Waals surface area contributed by atoms with E-state index in [0.29, 0.717) is 0 Å². The highest BCUT2D eigenvalue weighted by atomic mass is 16.3. The first-order valence-electron chi connectivity index (χ1n) is 15.5.